The zero-order chi connectivity index (χ0) is 12.5. The molecule has 17 heavy (non-hydrogen) atoms. The van der Waals surface area contributed by atoms with Crippen molar-refractivity contribution in [3.8, 4) is 0 Å². The average Bonchev–Trinajstić information content (AvgIpc) is 2.27. The molecule has 0 aliphatic carbocycles. The largest absolute Gasteiger partial charge is 0.369 e. The first-order valence-electron chi connectivity index (χ1n) is 6.20. The monoisotopic (exact) mass is 250 g/mol. The topological polar surface area (TPSA) is 29.3 Å². The molecule has 1 aliphatic rings. The quantitative estimate of drug-likeness (QED) is 0.875. The van der Waals surface area contributed by atoms with Crippen LogP contribution in [-0.4, -0.2) is 23.6 Å². The highest BCUT2D eigenvalue weighted by atomic mass is 32.2. The summed E-state index contributed by atoms with van der Waals surface area (Å²) in [5.41, 5.74) is 9.75. The summed E-state index contributed by atoms with van der Waals surface area (Å²) in [5.74, 6) is 1.20. The second kappa shape index (κ2) is 4.91. The first-order valence-corrected chi connectivity index (χ1v) is 7.19. The van der Waals surface area contributed by atoms with Crippen LogP contribution in [0.25, 0.3) is 0 Å². The fourth-order valence-electron chi connectivity index (χ4n) is 2.36. The number of rotatable bonds is 2. The van der Waals surface area contributed by atoms with E-state index in [4.69, 9.17) is 5.73 Å². The number of aryl methyl sites for hydroxylation is 1. The van der Waals surface area contributed by atoms with Gasteiger partial charge in [-0.05, 0) is 38.0 Å². The first-order chi connectivity index (χ1) is 8.02. The van der Waals surface area contributed by atoms with Gasteiger partial charge in [0.2, 0.25) is 0 Å². The number of benzene rings is 1. The molecule has 0 unspecified atom stereocenters. The Hall–Kier alpha value is -0.670. The normalized spacial score (nSPS) is 19.4. The number of thioether (sulfide) groups is 1. The number of hydrogen-bond donors (Lipinski definition) is 1. The van der Waals surface area contributed by atoms with Crippen LogP contribution in [0.3, 0.4) is 0 Å². The molecule has 1 heterocycles. The minimum atomic E-state index is 0.341. The molecule has 1 aromatic rings. The molecule has 0 bridgehead atoms. The molecule has 0 spiro atoms. The molecule has 1 aliphatic heterocycles. The minimum absolute atomic E-state index is 0.341. The van der Waals surface area contributed by atoms with Crippen molar-refractivity contribution in [2.24, 2.45) is 5.73 Å². The minimum Gasteiger partial charge on any atom is -0.369 e. The van der Waals surface area contributed by atoms with Gasteiger partial charge < -0.3 is 10.6 Å². The Bertz CT molecular complexity index is 401. The highest BCUT2D eigenvalue weighted by Gasteiger charge is 2.27. The van der Waals surface area contributed by atoms with Crippen LogP contribution in [0.2, 0.25) is 0 Å². The van der Waals surface area contributed by atoms with Crippen molar-refractivity contribution in [2.45, 2.75) is 32.1 Å². The predicted molar refractivity (Wildman–Crippen MR) is 77.8 cm³/mol. The van der Waals surface area contributed by atoms with Crippen molar-refractivity contribution >= 4 is 17.4 Å². The van der Waals surface area contributed by atoms with Crippen molar-refractivity contribution in [1.29, 1.82) is 0 Å². The van der Waals surface area contributed by atoms with Crippen LogP contribution in [0.5, 0.6) is 0 Å². The van der Waals surface area contributed by atoms with Gasteiger partial charge in [-0.25, -0.2) is 0 Å². The van der Waals surface area contributed by atoms with Crippen LogP contribution in [0.15, 0.2) is 18.2 Å². The third-order valence-corrected chi connectivity index (χ3v) is 4.52. The van der Waals surface area contributed by atoms with Crippen LogP contribution in [0, 0.1) is 6.92 Å². The van der Waals surface area contributed by atoms with E-state index in [1.165, 1.54) is 22.6 Å². The summed E-state index contributed by atoms with van der Waals surface area (Å²) < 4.78 is 0.341. The lowest BCUT2D eigenvalue weighted by Crippen LogP contribution is -2.43. The van der Waals surface area contributed by atoms with Crippen LogP contribution in [0.1, 0.15) is 25.0 Å². The maximum atomic E-state index is 5.84. The molecule has 2 N–H and O–H groups in total. The fraction of sp³-hybridized carbons (Fsp3) is 0.571. The number of anilines is 1. The molecule has 0 aromatic heterocycles. The smallest absolute Gasteiger partial charge is 0.0415 e. The molecule has 0 saturated carbocycles. The van der Waals surface area contributed by atoms with Crippen LogP contribution >= 0.6 is 11.8 Å². The third-order valence-electron chi connectivity index (χ3n) is 3.23. The average molecular weight is 250 g/mol. The molecule has 1 saturated heterocycles. The lowest BCUT2D eigenvalue weighted by molar-refractivity contribution is 0.645. The SMILES string of the molecule is Cc1ccc(CN)c(N2CCSC(C)(C)C2)c1. The van der Waals surface area contributed by atoms with Gasteiger partial charge >= 0.3 is 0 Å². The fourth-order valence-corrected chi connectivity index (χ4v) is 3.47. The van der Waals surface area contributed by atoms with Gasteiger partial charge in [-0.15, -0.1) is 0 Å². The van der Waals surface area contributed by atoms with Gasteiger partial charge in [0, 0.05) is 35.8 Å². The van der Waals surface area contributed by atoms with E-state index < -0.39 is 0 Å². The zero-order valence-electron chi connectivity index (χ0n) is 11.0. The van der Waals surface area contributed by atoms with Crippen molar-refractivity contribution < 1.29 is 0 Å². The number of hydrogen-bond acceptors (Lipinski definition) is 3. The molecule has 3 heteroatoms. The van der Waals surface area contributed by atoms with Crippen LogP contribution in [-0.2, 0) is 6.54 Å². The predicted octanol–water partition coefficient (Wildman–Crippen LogP) is 2.79. The van der Waals surface area contributed by atoms with E-state index in [0.717, 1.165) is 13.1 Å². The lowest BCUT2D eigenvalue weighted by Gasteiger charge is -2.39. The first kappa shape index (κ1) is 12.8. The van der Waals surface area contributed by atoms with Crippen LogP contribution < -0.4 is 10.6 Å². The molecule has 0 atom stereocenters. The highest BCUT2D eigenvalue weighted by molar-refractivity contribution is 8.00. The summed E-state index contributed by atoms with van der Waals surface area (Å²) in [6.45, 7) is 9.65. The molecule has 94 valence electrons. The van der Waals surface area contributed by atoms with Crippen molar-refractivity contribution in [3.05, 3.63) is 29.3 Å². The second-order valence-electron chi connectivity index (χ2n) is 5.37. The molecule has 1 aromatic carbocycles. The van der Waals surface area contributed by atoms with Gasteiger partial charge in [0.15, 0.2) is 0 Å². The molecule has 2 rings (SSSR count). The second-order valence-corrected chi connectivity index (χ2v) is 7.17. The van der Waals surface area contributed by atoms with E-state index in [-0.39, 0.29) is 0 Å². The summed E-state index contributed by atoms with van der Waals surface area (Å²) in [6, 6.07) is 6.59. The summed E-state index contributed by atoms with van der Waals surface area (Å²) in [7, 11) is 0. The van der Waals surface area contributed by atoms with E-state index in [2.05, 4.69) is 55.6 Å². The van der Waals surface area contributed by atoms with E-state index in [9.17, 15) is 0 Å². The van der Waals surface area contributed by atoms with Crippen molar-refractivity contribution in [2.75, 3.05) is 23.7 Å². The molecular weight excluding hydrogens is 228 g/mol. The van der Waals surface area contributed by atoms with Gasteiger partial charge in [-0.3, -0.25) is 0 Å². The van der Waals surface area contributed by atoms with Crippen molar-refractivity contribution in [1.82, 2.24) is 0 Å². The van der Waals surface area contributed by atoms with Crippen molar-refractivity contribution in [3.63, 3.8) is 0 Å². The summed E-state index contributed by atoms with van der Waals surface area (Å²) >= 11 is 2.06. The Morgan fingerprint density at radius 3 is 2.82 bits per heavy atom. The maximum absolute atomic E-state index is 5.84. The van der Waals surface area contributed by atoms with Crippen LogP contribution in [0.4, 0.5) is 5.69 Å². The molecule has 2 nitrogen and oxygen atoms in total. The van der Waals surface area contributed by atoms with E-state index in [1.807, 2.05) is 0 Å². The highest BCUT2D eigenvalue weighted by Crippen LogP contribution is 2.33. The molecule has 1 fully saturated rings. The molecule has 0 amide bonds. The molecular formula is C14H22N2S. The Labute approximate surface area is 109 Å². The van der Waals surface area contributed by atoms with Gasteiger partial charge in [-0.2, -0.15) is 11.8 Å². The Morgan fingerprint density at radius 1 is 1.41 bits per heavy atom. The van der Waals surface area contributed by atoms with Gasteiger partial charge in [0.25, 0.3) is 0 Å². The Morgan fingerprint density at radius 2 is 2.18 bits per heavy atom. The summed E-state index contributed by atoms with van der Waals surface area (Å²) in [6.07, 6.45) is 0. The molecule has 0 radical (unpaired) electrons. The standard InChI is InChI=1S/C14H22N2S/c1-11-4-5-12(9-15)13(8-11)16-6-7-17-14(2,3)10-16/h4-5,8H,6-7,9-10,15H2,1-3H3. The number of nitrogens with zero attached hydrogens (tertiary/aromatic N) is 1. The van der Waals surface area contributed by atoms with E-state index >= 15 is 0 Å². The lowest BCUT2D eigenvalue weighted by atomic mass is 10.1. The van der Waals surface area contributed by atoms with Gasteiger partial charge in [0.1, 0.15) is 0 Å². The van der Waals surface area contributed by atoms with Gasteiger partial charge in [0.05, 0.1) is 0 Å². The Balaban J connectivity index is 2.29. The van der Waals surface area contributed by atoms with E-state index in [0.29, 0.717) is 11.3 Å². The van der Waals surface area contributed by atoms with Gasteiger partial charge in [-0.1, -0.05) is 12.1 Å². The van der Waals surface area contributed by atoms with E-state index in [1.54, 1.807) is 0 Å². The zero-order valence-corrected chi connectivity index (χ0v) is 11.8. The number of nitrogens with two attached hydrogens (primary N) is 1. The Kier molecular flexibility index (Phi) is 3.69. The summed E-state index contributed by atoms with van der Waals surface area (Å²) in [5, 5.41) is 0. The summed E-state index contributed by atoms with van der Waals surface area (Å²) in [4.78, 5) is 2.49. The third kappa shape index (κ3) is 2.96. The maximum Gasteiger partial charge on any atom is 0.0415 e.